The van der Waals surface area contributed by atoms with Crippen molar-refractivity contribution in [2.45, 2.75) is 52.5 Å². The Labute approximate surface area is 81.3 Å². The number of amides is 1. The smallest absolute Gasteiger partial charge is 0.225 e. The summed E-state index contributed by atoms with van der Waals surface area (Å²) in [5, 5.41) is 0. The maximum Gasteiger partial charge on any atom is 0.225 e. The van der Waals surface area contributed by atoms with Gasteiger partial charge in [-0.2, -0.15) is 0 Å². The second-order valence-corrected chi connectivity index (χ2v) is 4.20. The lowest BCUT2D eigenvalue weighted by atomic mass is 10.1. The molecule has 0 unspecified atom stereocenters. The summed E-state index contributed by atoms with van der Waals surface area (Å²) >= 11 is 0. The molecule has 2 nitrogen and oxygen atoms in total. The number of rotatable bonds is 3. The molecule has 0 radical (unpaired) electrons. The minimum atomic E-state index is 0.336. The van der Waals surface area contributed by atoms with Gasteiger partial charge in [-0.05, 0) is 33.6 Å². The molecule has 13 heavy (non-hydrogen) atoms. The zero-order chi connectivity index (χ0) is 9.84. The van der Waals surface area contributed by atoms with Crippen LogP contribution >= 0.6 is 0 Å². The molecule has 0 aliphatic heterocycles. The van der Waals surface area contributed by atoms with E-state index in [1.807, 2.05) is 4.90 Å². The van der Waals surface area contributed by atoms with Gasteiger partial charge in [0.2, 0.25) is 5.91 Å². The van der Waals surface area contributed by atoms with Gasteiger partial charge in [0.15, 0.2) is 0 Å². The van der Waals surface area contributed by atoms with E-state index in [0.717, 1.165) is 19.4 Å². The molecule has 0 spiro atoms. The van der Waals surface area contributed by atoms with Crippen molar-refractivity contribution in [3.63, 3.8) is 0 Å². The summed E-state index contributed by atoms with van der Waals surface area (Å²) in [5.41, 5.74) is 0. The van der Waals surface area contributed by atoms with Gasteiger partial charge in [0.05, 0.1) is 0 Å². The van der Waals surface area contributed by atoms with E-state index in [1.54, 1.807) is 0 Å². The first-order valence-electron chi connectivity index (χ1n) is 5.47. The van der Waals surface area contributed by atoms with Crippen molar-refractivity contribution in [2.24, 2.45) is 5.92 Å². The van der Waals surface area contributed by atoms with E-state index in [-0.39, 0.29) is 0 Å². The van der Waals surface area contributed by atoms with Crippen molar-refractivity contribution in [2.75, 3.05) is 6.54 Å². The van der Waals surface area contributed by atoms with Gasteiger partial charge in [-0.3, -0.25) is 4.79 Å². The quantitative estimate of drug-likeness (QED) is 0.658. The Balaban J connectivity index is 2.52. The van der Waals surface area contributed by atoms with Gasteiger partial charge < -0.3 is 4.90 Å². The summed E-state index contributed by atoms with van der Waals surface area (Å²) in [6.07, 6.45) is 4.71. The maximum atomic E-state index is 11.9. The molecule has 0 N–H and O–H groups in total. The Morgan fingerprint density at radius 3 is 2.31 bits per heavy atom. The average Bonchev–Trinajstić information content (AvgIpc) is 2.56. The minimum Gasteiger partial charge on any atom is -0.340 e. The molecule has 0 bridgehead atoms. The summed E-state index contributed by atoms with van der Waals surface area (Å²) in [6, 6.07) is 0.359. The van der Waals surface area contributed by atoms with Crippen LogP contribution in [0, 0.1) is 5.92 Å². The number of hydrogen-bond acceptors (Lipinski definition) is 1. The molecule has 76 valence electrons. The van der Waals surface area contributed by atoms with E-state index in [9.17, 15) is 4.79 Å². The van der Waals surface area contributed by atoms with E-state index in [0.29, 0.717) is 17.9 Å². The molecule has 1 amide bonds. The Kier molecular flexibility index (Phi) is 3.76. The summed E-state index contributed by atoms with van der Waals surface area (Å²) in [5.74, 6) is 0.720. The predicted octanol–water partition coefficient (Wildman–Crippen LogP) is 2.43. The van der Waals surface area contributed by atoms with Crippen molar-refractivity contribution in [3.05, 3.63) is 0 Å². The maximum absolute atomic E-state index is 11.9. The minimum absolute atomic E-state index is 0.336. The molecule has 0 aromatic rings. The Morgan fingerprint density at radius 2 is 1.92 bits per heavy atom. The number of hydrogen-bond donors (Lipinski definition) is 0. The molecule has 0 heterocycles. The van der Waals surface area contributed by atoms with Gasteiger partial charge in [0.1, 0.15) is 0 Å². The highest BCUT2D eigenvalue weighted by Gasteiger charge is 2.27. The largest absolute Gasteiger partial charge is 0.340 e. The molecule has 0 atom stereocenters. The van der Waals surface area contributed by atoms with Crippen LogP contribution < -0.4 is 0 Å². The van der Waals surface area contributed by atoms with Crippen molar-refractivity contribution in [1.82, 2.24) is 4.90 Å². The van der Waals surface area contributed by atoms with E-state index in [1.165, 1.54) is 12.8 Å². The highest BCUT2D eigenvalue weighted by Crippen LogP contribution is 2.26. The second kappa shape index (κ2) is 4.64. The zero-order valence-corrected chi connectivity index (χ0v) is 9.05. The topological polar surface area (TPSA) is 20.3 Å². The van der Waals surface area contributed by atoms with Crippen LogP contribution in [0.2, 0.25) is 0 Å². The zero-order valence-electron chi connectivity index (χ0n) is 9.05. The second-order valence-electron chi connectivity index (χ2n) is 4.20. The molecule has 1 fully saturated rings. The van der Waals surface area contributed by atoms with Gasteiger partial charge in [-0.15, -0.1) is 0 Å². The molecular formula is C11H21NO. The molecule has 0 aromatic carbocycles. The van der Waals surface area contributed by atoms with Gasteiger partial charge in [0.25, 0.3) is 0 Å². The van der Waals surface area contributed by atoms with Crippen LogP contribution in [0.1, 0.15) is 46.5 Å². The standard InChI is InChI=1S/C11H21NO/c1-4-12(9(2)3)11(13)10-7-5-6-8-10/h9-10H,4-8H2,1-3H3. The number of carbonyl (C=O) groups excluding carboxylic acids is 1. The molecule has 1 saturated carbocycles. The first-order valence-corrected chi connectivity index (χ1v) is 5.47. The monoisotopic (exact) mass is 183 g/mol. The van der Waals surface area contributed by atoms with Crippen molar-refractivity contribution >= 4 is 5.91 Å². The molecule has 0 saturated heterocycles. The normalized spacial score (nSPS) is 18.2. The van der Waals surface area contributed by atoms with Crippen LogP contribution in [0.15, 0.2) is 0 Å². The van der Waals surface area contributed by atoms with Crippen LogP contribution in [0.4, 0.5) is 0 Å². The van der Waals surface area contributed by atoms with Crippen LogP contribution in [0.25, 0.3) is 0 Å². The van der Waals surface area contributed by atoms with Crippen LogP contribution in [0.5, 0.6) is 0 Å². The van der Waals surface area contributed by atoms with Gasteiger partial charge in [-0.1, -0.05) is 12.8 Å². The third-order valence-corrected chi connectivity index (χ3v) is 2.95. The van der Waals surface area contributed by atoms with E-state index >= 15 is 0 Å². The van der Waals surface area contributed by atoms with Gasteiger partial charge >= 0.3 is 0 Å². The first-order chi connectivity index (χ1) is 6.16. The van der Waals surface area contributed by atoms with Crippen LogP contribution in [-0.4, -0.2) is 23.4 Å². The molecular weight excluding hydrogens is 162 g/mol. The molecule has 1 rings (SSSR count). The first kappa shape index (κ1) is 10.6. The Hall–Kier alpha value is -0.530. The Bertz CT molecular complexity index is 171. The fraction of sp³-hybridized carbons (Fsp3) is 0.909. The molecule has 1 aliphatic rings. The van der Waals surface area contributed by atoms with E-state index in [4.69, 9.17) is 0 Å². The highest BCUT2D eigenvalue weighted by atomic mass is 16.2. The SMILES string of the molecule is CCN(C(=O)C1CCCC1)C(C)C. The summed E-state index contributed by atoms with van der Waals surface area (Å²) in [4.78, 5) is 13.9. The predicted molar refractivity (Wildman–Crippen MR) is 54.5 cm³/mol. The fourth-order valence-electron chi connectivity index (χ4n) is 2.18. The highest BCUT2D eigenvalue weighted by molar-refractivity contribution is 5.79. The summed E-state index contributed by atoms with van der Waals surface area (Å²) < 4.78 is 0. The molecule has 0 aromatic heterocycles. The lowest BCUT2D eigenvalue weighted by Gasteiger charge is -2.27. The number of carbonyl (C=O) groups is 1. The van der Waals surface area contributed by atoms with Crippen LogP contribution in [-0.2, 0) is 4.79 Å². The third-order valence-electron chi connectivity index (χ3n) is 2.95. The van der Waals surface area contributed by atoms with Crippen molar-refractivity contribution < 1.29 is 4.79 Å². The third kappa shape index (κ3) is 2.45. The summed E-state index contributed by atoms with van der Waals surface area (Å²) in [6.45, 7) is 7.10. The number of nitrogens with zero attached hydrogens (tertiary/aromatic N) is 1. The lowest BCUT2D eigenvalue weighted by Crippen LogP contribution is -2.40. The molecule has 1 aliphatic carbocycles. The lowest BCUT2D eigenvalue weighted by molar-refractivity contribution is -0.136. The Morgan fingerprint density at radius 1 is 1.38 bits per heavy atom. The van der Waals surface area contributed by atoms with Gasteiger partial charge in [-0.25, -0.2) is 0 Å². The summed E-state index contributed by atoms with van der Waals surface area (Å²) in [7, 11) is 0. The van der Waals surface area contributed by atoms with Crippen LogP contribution in [0.3, 0.4) is 0 Å². The molecule has 2 heteroatoms. The van der Waals surface area contributed by atoms with Crippen molar-refractivity contribution in [1.29, 1.82) is 0 Å². The van der Waals surface area contributed by atoms with E-state index in [2.05, 4.69) is 20.8 Å². The fourth-order valence-corrected chi connectivity index (χ4v) is 2.18. The van der Waals surface area contributed by atoms with Gasteiger partial charge in [0, 0.05) is 18.5 Å². The average molecular weight is 183 g/mol. The van der Waals surface area contributed by atoms with Crippen molar-refractivity contribution in [3.8, 4) is 0 Å². The van der Waals surface area contributed by atoms with E-state index < -0.39 is 0 Å².